The Morgan fingerprint density at radius 3 is 2.89 bits per heavy atom. The smallest absolute Gasteiger partial charge is 0.240 e. The molecule has 1 atom stereocenters. The lowest BCUT2D eigenvalue weighted by molar-refractivity contribution is -0.130. The van der Waals surface area contributed by atoms with Gasteiger partial charge in [-0.15, -0.1) is 11.8 Å². The van der Waals surface area contributed by atoms with Gasteiger partial charge in [0.15, 0.2) is 0 Å². The number of nitrogens with two attached hydrogens (primary N) is 1. The van der Waals surface area contributed by atoms with E-state index < -0.39 is 5.54 Å². The van der Waals surface area contributed by atoms with E-state index in [9.17, 15) is 4.79 Å². The summed E-state index contributed by atoms with van der Waals surface area (Å²) in [7, 11) is 0. The van der Waals surface area contributed by atoms with E-state index in [2.05, 4.69) is 17.4 Å². The molecule has 3 N–H and O–H groups in total. The van der Waals surface area contributed by atoms with Crippen molar-refractivity contribution in [2.45, 2.75) is 29.3 Å². The van der Waals surface area contributed by atoms with Crippen molar-refractivity contribution in [1.82, 2.24) is 5.32 Å². The van der Waals surface area contributed by atoms with Crippen LogP contribution in [0, 0.1) is 0 Å². The summed E-state index contributed by atoms with van der Waals surface area (Å²) >= 11 is 1.78. The van der Waals surface area contributed by atoms with Crippen molar-refractivity contribution in [2.24, 2.45) is 5.73 Å². The normalized spacial score (nSPS) is 24.8. The zero-order valence-corrected chi connectivity index (χ0v) is 11.5. The van der Waals surface area contributed by atoms with E-state index in [4.69, 9.17) is 10.5 Å². The van der Waals surface area contributed by atoms with Gasteiger partial charge >= 0.3 is 0 Å². The molecule has 0 bridgehead atoms. The number of hydrogen-bond acceptors (Lipinski definition) is 4. The maximum absolute atomic E-state index is 12.4. The predicted molar refractivity (Wildman–Crippen MR) is 75.0 cm³/mol. The Balaban J connectivity index is 1.71. The highest BCUT2D eigenvalue weighted by atomic mass is 32.2. The highest BCUT2D eigenvalue weighted by Gasteiger charge is 2.37. The van der Waals surface area contributed by atoms with Crippen molar-refractivity contribution in [3.8, 4) is 0 Å². The molecule has 0 spiro atoms. The first kappa shape index (κ1) is 13.0. The molecule has 19 heavy (non-hydrogen) atoms. The van der Waals surface area contributed by atoms with E-state index in [-0.39, 0.29) is 11.9 Å². The molecule has 1 unspecified atom stereocenters. The molecule has 1 amide bonds. The summed E-state index contributed by atoms with van der Waals surface area (Å²) in [4.78, 5) is 13.6. The van der Waals surface area contributed by atoms with Crippen LogP contribution in [0.1, 0.15) is 24.4 Å². The molecule has 0 aromatic heterocycles. The second kappa shape index (κ2) is 5.15. The highest BCUT2D eigenvalue weighted by Crippen LogP contribution is 2.38. The van der Waals surface area contributed by atoms with Crippen LogP contribution in [0.15, 0.2) is 29.2 Å². The third-order valence-electron chi connectivity index (χ3n) is 3.84. The maximum atomic E-state index is 12.4. The van der Waals surface area contributed by atoms with Crippen molar-refractivity contribution >= 4 is 17.7 Å². The highest BCUT2D eigenvalue weighted by molar-refractivity contribution is 7.99. The molecule has 5 heteroatoms. The Morgan fingerprint density at radius 2 is 2.11 bits per heavy atom. The Hall–Kier alpha value is -1.04. The Bertz CT molecular complexity index is 486. The molecule has 0 aliphatic carbocycles. The van der Waals surface area contributed by atoms with Gasteiger partial charge in [-0.1, -0.05) is 18.2 Å². The summed E-state index contributed by atoms with van der Waals surface area (Å²) < 4.78 is 5.28. The molecule has 0 saturated carbocycles. The molecular formula is C14H18N2O2S. The lowest BCUT2D eigenvalue weighted by Crippen LogP contribution is -2.57. The first-order valence-corrected chi connectivity index (χ1v) is 7.57. The molecule has 1 aromatic carbocycles. The SMILES string of the molecule is NC1(C(=O)NC2CSc3ccccc32)CCOCC1. The number of ether oxygens (including phenoxy) is 1. The fourth-order valence-corrected chi connectivity index (χ4v) is 3.71. The lowest BCUT2D eigenvalue weighted by Gasteiger charge is -2.33. The van der Waals surface area contributed by atoms with Crippen molar-refractivity contribution in [3.05, 3.63) is 29.8 Å². The zero-order valence-electron chi connectivity index (χ0n) is 10.7. The van der Waals surface area contributed by atoms with Gasteiger partial charge in [0.05, 0.1) is 11.6 Å². The van der Waals surface area contributed by atoms with Gasteiger partial charge in [-0.05, 0) is 24.5 Å². The second-order valence-electron chi connectivity index (χ2n) is 5.14. The van der Waals surface area contributed by atoms with Crippen LogP contribution in [0.5, 0.6) is 0 Å². The minimum atomic E-state index is -0.763. The number of carbonyl (C=O) groups is 1. The Labute approximate surface area is 117 Å². The lowest BCUT2D eigenvalue weighted by atomic mass is 9.90. The van der Waals surface area contributed by atoms with Crippen LogP contribution >= 0.6 is 11.8 Å². The van der Waals surface area contributed by atoms with Gasteiger partial charge in [0.1, 0.15) is 0 Å². The first-order chi connectivity index (χ1) is 9.19. The van der Waals surface area contributed by atoms with Crippen LogP contribution < -0.4 is 11.1 Å². The topological polar surface area (TPSA) is 64.4 Å². The predicted octanol–water partition coefficient (Wildman–Crippen LogP) is 1.46. The molecule has 1 fully saturated rings. The number of rotatable bonds is 2. The summed E-state index contributed by atoms with van der Waals surface area (Å²) in [6.45, 7) is 1.14. The van der Waals surface area contributed by atoms with Crippen LogP contribution in [0.4, 0.5) is 0 Å². The van der Waals surface area contributed by atoms with Crippen molar-refractivity contribution in [3.63, 3.8) is 0 Å². The van der Waals surface area contributed by atoms with Crippen LogP contribution in [0.25, 0.3) is 0 Å². The Morgan fingerprint density at radius 1 is 1.37 bits per heavy atom. The van der Waals surface area contributed by atoms with E-state index in [1.165, 1.54) is 10.5 Å². The molecule has 3 rings (SSSR count). The van der Waals surface area contributed by atoms with Gasteiger partial charge < -0.3 is 15.8 Å². The Kier molecular flexibility index (Phi) is 3.52. The molecule has 4 nitrogen and oxygen atoms in total. The van der Waals surface area contributed by atoms with E-state index in [1.54, 1.807) is 11.8 Å². The largest absolute Gasteiger partial charge is 0.381 e. The summed E-state index contributed by atoms with van der Waals surface area (Å²) in [5.41, 5.74) is 6.64. The van der Waals surface area contributed by atoms with Crippen molar-refractivity contribution in [2.75, 3.05) is 19.0 Å². The molecule has 2 aliphatic rings. The average Bonchev–Trinajstić information content (AvgIpc) is 2.83. The average molecular weight is 278 g/mol. The van der Waals surface area contributed by atoms with E-state index in [0.29, 0.717) is 26.1 Å². The van der Waals surface area contributed by atoms with Gasteiger partial charge in [-0.2, -0.15) is 0 Å². The van der Waals surface area contributed by atoms with Crippen LogP contribution in [0.2, 0.25) is 0 Å². The fourth-order valence-electron chi connectivity index (χ4n) is 2.55. The molecule has 2 heterocycles. The van der Waals surface area contributed by atoms with Crippen molar-refractivity contribution < 1.29 is 9.53 Å². The molecule has 0 radical (unpaired) electrons. The van der Waals surface area contributed by atoms with Crippen LogP contribution in [-0.4, -0.2) is 30.4 Å². The summed E-state index contributed by atoms with van der Waals surface area (Å²) in [5.74, 6) is 0.843. The third-order valence-corrected chi connectivity index (χ3v) is 5.03. The number of hydrogen-bond donors (Lipinski definition) is 2. The van der Waals surface area contributed by atoms with Gasteiger partial charge in [0, 0.05) is 23.9 Å². The van der Waals surface area contributed by atoms with Gasteiger partial charge in [0.2, 0.25) is 5.91 Å². The molecule has 102 valence electrons. The standard InChI is InChI=1S/C14H18N2O2S/c15-14(5-7-18-8-6-14)13(17)16-11-9-19-12-4-2-1-3-10(11)12/h1-4,11H,5-9,15H2,(H,16,17). The van der Waals surface area contributed by atoms with Crippen LogP contribution in [-0.2, 0) is 9.53 Å². The fraction of sp³-hybridized carbons (Fsp3) is 0.500. The third kappa shape index (κ3) is 2.50. The number of fused-ring (bicyclic) bond motifs is 1. The maximum Gasteiger partial charge on any atom is 0.240 e. The molecule has 1 saturated heterocycles. The molecule has 1 aromatic rings. The van der Waals surface area contributed by atoms with E-state index in [1.807, 2.05) is 12.1 Å². The quantitative estimate of drug-likeness (QED) is 0.859. The number of thioether (sulfide) groups is 1. The van der Waals surface area contributed by atoms with Gasteiger partial charge in [-0.3, -0.25) is 4.79 Å². The zero-order chi connectivity index (χ0) is 13.3. The summed E-state index contributed by atoms with van der Waals surface area (Å²) in [5, 5.41) is 3.10. The van der Waals surface area contributed by atoms with Gasteiger partial charge in [0.25, 0.3) is 0 Å². The van der Waals surface area contributed by atoms with E-state index >= 15 is 0 Å². The summed E-state index contributed by atoms with van der Waals surface area (Å²) in [6, 6.07) is 8.29. The first-order valence-electron chi connectivity index (χ1n) is 6.58. The molecular weight excluding hydrogens is 260 g/mol. The van der Waals surface area contributed by atoms with Gasteiger partial charge in [-0.25, -0.2) is 0 Å². The van der Waals surface area contributed by atoms with E-state index in [0.717, 1.165) is 5.75 Å². The molecule has 2 aliphatic heterocycles. The van der Waals surface area contributed by atoms with Crippen LogP contribution in [0.3, 0.4) is 0 Å². The summed E-state index contributed by atoms with van der Waals surface area (Å²) in [6.07, 6.45) is 1.20. The number of amides is 1. The number of nitrogens with one attached hydrogen (secondary N) is 1. The van der Waals surface area contributed by atoms with Crippen molar-refractivity contribution in [1.29, 1.82) is 0 Å². The number of benzene rings is 1. The minimum absolute atomic E-state index is 0.0434. The minimum Gasteiger partial charge on any atom is -0.381 e. The number of carbonyl (C=O) groups excluding carboxylic acids is 1. The monoisotopic (exact) mass is 278 g/mol. The second-order valence-corrected chi connectivity index (χ2v) is 6.21.